The van der Waals surface area contributed by atoms with Gasteiger partial charge in [-0.25, -0.2) is 0 Å². The van der Waals surface area contributed by atoms with Gasteiger partial charge in [-0.3, -0.25) is 9.69 Å². The third-order valence-corrected chi connectivity index (χ3v) is 4.24. The minimum Gasteiger partial charge on any atom is -0.490 e. The predicted molar refractivity (Wildman–Crippen MR) is 89.9 cm³/mol. The normalized spacial score (nSPS) is 17.5. The third kappa shape index (κ3) is 3.68. The molecule has 1 atom stereocenters. The summed E-state index contributed by atoms with van der Waals surface area (Å²) in [6, 6.07) is 3.93. The first kappa shape index (κ1) is 17.0. The quantitative estimate of drug-likeness (QED) is 0.849. The Morgan fingerprint density at radius 2 is 1.73 bits per heavy atom. The molecule has 0 spiro atoms. The zero-order valence-electron chi connectivity index (χ0n) is 14.4. The zero-order chi connectivity index (χ0) is 16.3. The molecule has 0 aliphatic carbocycles. The fourth-order valence-electron chi connectivity index (χ4n) is 2.92. The summed E-state index contributed by atoms with van der Waals surface area (Å²) in [6.07, 6.45) is 0.0570. The summed E-state index contributed by atoms with van der Waals surface area (Å²) >= 11 is 0. The number of benzene rings is 1. The molecule has 0 radical (unpaired) electrons. The smallest absolute Gasteiger partial charge is 0.183 e. The molecule has 1 saturated heterocycles. The number of piperazine rings is 1. The molecule has 22 heavy (non-hydrogen) atoms. The van der Waals surface area contributed by atoms with Crippen LogP contribution in [0.15, 0.2) is 12.1 Å². The van der Waals surface area contributed by atoms with Crippen molar-refractivity contribution in [2.75, 3.05) is 26.2 Å². The van der Waals surface area contributed by atoms with Crippen molar-refractivity contribution in [1.82, 2.24) is 10.2 Å². The molecule has 1 aliphatic heterocycles. The Bertz CT molecular complexity index is 534. The van der Waals surface area contributed by atoms with E-state index in [0.29, 0.717) is 0 Å². The molecular weight excluding hydrogens is 276 g/mol. The van der Waals surface area contributed by atoms with Crippen LogP contribution in [0.1, 0.15) is 42.3 Å². The van der Waals surface area contributed by atoms with Crippen molar-refractivity contribution in [3.05, 3.63) is 28.8 Å². The number of ether oxygens (including phenoxy) is 1. The van der Waals surface area contributed by atoms with Gasteiger partial charge < -0.3 is 10.1 Å². The van der Waals surface area contributed by atoms with Crippen molar-refractivity contribution in [2.45, 2.75) is 46.8 Å². The molecule has 1 N–H and O–H groups in total. The van der Waals surface area contributed by atoms with Gasteiger partial charge >= 0.3 is 0 Å². The van der Waals surface area contributed by atoms with Crippen LogP contribution in [0, 0.1) is 13.8 Å². The van der Waals surface area contributed by atoms with Crippen LogP contribution in [0.25, 0.3) is 0 Å². The van der Waals surface area contributed by atoms with E-state index in [1.165, 1.54) is 0 Å². The molecule has 1 fully saturated rings. The van der Waals surface area contributed by atoms with E-state index in [-0.39, 0.29) is 17.9 Å². The lowest BCUT2D eigenvalue weighted by atomic mass is 9.95. The fraction of sp³-hybridized carbons (Fsp3) is 0.611. The van der Waals surface area contributed by atoms with E-state index >= 15 is 0 Å². The topological polar surface area (TPSA) is 41.6 Å². The van der Waals surface area contributed by atoms with Crippen LogP contribution in [-0.4, -0.2) is 49.0 Å². The Balaban J connectivity index is 2.33. The number of carbonyl (C=O) groups excluding carboxylic acids is 1. The minimum atomic E-state index is -0.114. The van der Waals surface area contributed by atoms with Crippen LogP contribution in [0.3, 0.4) is 0 Å². The first-order valence-corrected chi connectivity index (χ1v) is 8.17. The Kier molecular flexibility index (Phi) is 5.59. The van der Waals surface area contributed by atoms with E-state index in [2.05, 4.69) is 10.2 Å². The average Bonchev–Trinajstić information content (AvgIpc) is 2.50. The molecule has 1 aromatic carbocycles. The van der Waals surface area contributed by atoms with Gasteiger partial charge in [-0.15, -0.1) is 0 Å². The monoisotopic (exact) mass is 304 g/mol. The van der Waals surface area contributed by atoms with Crippen molar-refractivity contribution in [2.24, 2.45) is 0 Å². The first-order valence-electron chi connectivity index (χ1n) is 8.17. The number of ketones is 1. The van der Waals surface area contributed by atoms with Crippen LogP contribution < -0.4 is 10.1 Å². The van der Waals surface area contributed by atoms with E-state index in [1.54, 1.807) is 0 Å². The molecule has 122 valence electrons. The number of Topliss-reactive ketones (excluding diaryl/α,β-unsaturated/α-hetero) is 1. The van der Waals surface area contributed by atoms with Crippen molar-refractivity contribution in [3.8, 4) is 5.75 Å². The van der Waals surface area contributed by atoms with Gasteiger partial charge in [0.05, 0.1) is 17.7 Å². The highest BCUT2D eigenvalue weighted by Crippen LogP contribution is 2.29. The molecule has 1 aliphatic rings. The molecule has 0 saturated carbocycles. The Labute approximate surface area is 133 Å². The van der Waals surface area contributed by atoms with Gasteiger partial charge in [-0.1, -0.05) is 12.1 Å². The largest absolute Gasteiger partial charge is 0.490 e. The average molecular weight is 304 g/mol. The zero-order valence-corrected chi connectivity index (χ0v) is 14.4. The number of rotatable bonds is 5. The second-order valence-electron chi connectivity index (χ2n) is 6.40. The van der Waals surface area contributed by atoms with Gasteiger partial charge in [0.1, 0.15) is 5.75 Å². The molecule has 0 bridgehead atoms. The van der Waals surface area contributed by atoms with Crippen LogP contribution in [-0.2, 0) is 0 Å². The standard InChI is InChI=1S/C18H28N2O2/c1-12(2)22-18-14(4)7-6-13(3)16(18)17(21)15(5)20-10-8-19-9-11-20/h6-7,12,15,19H,8-11H2,1-5H3. The van der Waals surface area contributed by atoms with Gasteiger partial charge in [-0.05, 0) is 45.7 Å². The maximum Gasteiger partial charge on any atom is 0.183 e. The van der Waals surface area contributed by atoms with E-state index in [1.807, 2.05) is 46.8 Å². The first-order chi connectivity index (χ1) is 10.4. The number of hydrogen-bond acceptors (Lipinski definition) is 4. The highest BCUT2D eigenvalue weighted by atomic mass is 16.5. The van der Waals surface area contributed by atoms with Crippen LogP contribution in [0.4, 0.5) is 0 Å². The lowest BCUT2D eigenvalue weighted by molar-refractivity contribution is 0.0813. The highest BCUT2D eigenvalue weighted by molar-refractivity contribution is 6.03. The molecule has 4 nitrogen and oxygen atoms in total. The summed E-state index contributed by atoms with van der Waals surface area (Å²) in [5.41, 5.74) is 2.77. The highest BCUT2D eigenvalue weighted by Gasteiger charge is 2.28. The number of nitrogens with one attached hydrogen (secondary N) is 1. The summed E-state index contributed by atoms with van der Waals surface area (Å²) in [6.45, 7) is 13.7. The van der Waals surface area contributed by atoms with Crippen molar-refractivity contribution in [3.63, 3.8) is 0 Å². The Morgan fingerprint density at radius 3 is 2.32 bits per heavy atom. The number of hydrogen-bond donors (Lipinski definition) is 1. The number of nitrogens with zero attached hydrogens (tertiary/aromatic N) is 1. The van der Waals surface area contributed by atoms with Crippen molar-refractivity contribution >= 4 is 5.78 Å². The van der Waals surface area contributed by atoms with Crippen molar-refractivity contribution < 1.29 is 9.53 Å². The van der Waals surface area contributed by atoms with Gasteiger partial charge in [0.25, 0.3) is 0 Å². The molecule has 2 rings (SSSR count). The Morgan fingerprint density at radius 1 is 1.14 bits per heavy atom. The minimum absolute atomic E-state index is 0.0570. The molecule has 4 heteroatoms. The Hall–Kier alpha value is -1.39. The second kappa shape index (κ2) is 7.25. The van der Waals surface area contributed by atoms with E-state index in [4.69, 9.17) is 4.74 Å². The van der Waals surface area contributed by atoms with E-state index in [9.17, 15) is 4.79 Å². The van der Waals surface area contributed by atoms with Crippen LogP contribution >= 0.6 is 0 Å². The summed E-state index contributed by atoms with van der Waals surface area (Å²) in [5.74, 6) is 0.917. The third-order valence-electron chi connectivity index (χ3n) is 4.24. The van der Waals surface area contributed by atoms with Gasteiger partial charge in [0.2, 0.25) is 0 Å². The van der Waals surface area contributed by atoms with E-state index < -0.39 is 0 Å². The summed E-state index contributed by atoms with van der Waals surface area (Å²) in [5, 5.41) is 3.33. The summed E-state index contributed by atoms with van der Waals surface area (Å²) in [4.78, 5) is 15.3. The second-order valence-corrected chi connectivity index (χ2v) is 6.40. The molecule has 1 unspecified atom stereocenters. The van der Waals surface area contributed by atoms with Gasteiger partial charge in [0, 0.05) is 26.2 Å². The molecule has 0 amide bonds. The maximum atomic E-state index is 13.1. The molecule has 1 aromatic rings. The lowest BCUT2D eigenvalue weighted by Crippen LogP contribution is -2.50. The summed E-state index contributed by atoms with van der Waals surface area (Å²) < 4.78 is 5.96. The number of aryl methyl sites for hydroxylation is 2. The van der Waals surface area contributed by atoms with Crippen LogP contribution in [0.5, 0.6) is 5.75 Å². The summed E-state index contributed by atoms with van der Waals surface area (Å²) in [7, 11) is 0. The van der Waals surface area contributed by atoms with Gasteiger partial charge in [0.15, 0.2) is 5.78 Å². The molecular formula is C18H28N2O2. The fourth-order valence-corrected chi connectivity index (χ4v) is 2.92. The number of carbonyl (C=O) groups is 1. The maximum absolute atomic E-state index is 13.1. The van der Waals surface area contributed by atoms with Crippen molar-refractivity contribution in [1.29, 1.82) is 0 Å². The van der Waals surface area contributed by atoms with Crippen LogP contribution in [0.2, 0.25) is 0 Å². The van der Waals surface area contributed by atoms with Gasteiger partial charge in [-0.2, -0.15) is 0 Å². The molecule has 0 aromatic heterocycles. The SMILES string of the molecule is Cc1ccc(C)c(C(=O)C(C)N2CCNCC2)c1OC(C)C. The van der Waals surface area contributed by atoms with E-state index in [0.717, 1.165) is 48.6 Å². The predicted octanol–water partition coefficient (Wildman–Crippen LogP) is 2.57. The lowest BCUT2D eigenvalue weighted by Gasteiger charge is -2.32. The molecule has 1 heterocycles.